The molecule has 2 heteroatoms. The second-order valence-corrected chi connectivity index (χ2v) is 4.14. The van der Waals surface area contributed by atoms with Gasteiger partial charge in [-0.1, -0.05) is 6.92 Å². The van der Waals surface area contributed by atoms with Gasteiger partial charge in [0.05, 0.1) is 12.4 Å². The molecule has 12 heavy (non-hydrogen) atoms. The minimum absolute atomic E-state index is 0.601. The maximum absolute atomic E-state index is 4.52. The average molecular weight is 168 g/mol. The van der Waals surface area contributed by atoms with E-state index < -0.39 is 0 Å². The monoisotopic (exact) mass is 168 g/mol. The molecule has 1 rings (SSSR count). The smallest absolute Gasteiger partial charge is 0.0848 e. The van der Waals surface area contributed by atoms with Crippen LogP contribution in [0.4, 0.5) is 0 Å². The van der Waals surface area contributed by atoms with Crippen LogP contribution >= 0.6 is 0 Å². The van der Waals surface area contributed by atoms with Gasteiger partial charge in [0, 0.05) is 14.1 Å². The molecule has 0 amide bonds. The average Bonchev–Trinajstić information content (AvgIpc) is 2.03. The standard InChI is InChI=1S/C10H20N2/c1-9-4-6-10(7-5-9)11-8-12(2)3/h8-10H,4-7H2,1-3H3. The van der Waals surface area contributed by atoms with Crippen LogP contribution in [0.25, 0.3) is 0 Å². The largest absolute Gasteiger partial charge is 0.369 e. The maximum Gasteiger partial charge on any atom is 0.0848 e. The molecule has 70 valence electrons. The lowest BCUT2D eigenvalue weighted by atomic mass is 9.88. The van der Waals surface area contributed by atoms with Crippen molar-refractivity contribution in [2.75, 3.05) is 14.1 Å². The molecule has 0 saturated heterocycles. The van der Waals surface area contributed by atoms with Gasteiger partial charge in [0.1, 0.15) is 0 Å². The minimum atomic E-state index is 0.601. The van der Waals surface area contributed by atoms with E-state index in [1.807, 2.05) is 25.3 Å². The topological polar surface area (TPSA) is 15.6 Å². The Balaban J connectivity index is 2.26. The molecule has 1 fully saturated rings. The van der Waals surface area contributed by atoms with Crippen LogP contribution in [-0.4, -0.2) is 31.4 Å². The SMILES string of the molecule is CC1CCC(N=CN(C)C)CC1. The Morgan fingerprint density at radius 3 is 2.25 bits per heavy atom. The molecule has 0 aromatic carbocycles. The Morgan fingerprint density at radius 1 is 1.17 bits per heavy atom. The maximum atomic E-state index is 4.52. The van der Waals surface area contributed by atoms with Crippen LogP contribution in [0.5, 0.6) is 0 Å². The van der Waals surface area contributed by atoms with Crippen molar-refractivity contribution in [1.82, 2.24) is 4.90 Å². The highest BCUT2D eigenvalue weighted by atomic mass is 15.1. The van der Waals surface area contributed by atoms with E-state index in [-0.39, 0.29) is 0 Å². The molecule has 0 aliphatic heterocycles. The quantitative estimate of drug-likeness (QED) is 0.455. The molecule has 0 radical (unpaired) electrons. The molecule has 2 nitrogen and oxygen atoms in total. The van der Waals surface area contributed by atoms with Crippen molar-refractivity contribution in [2.45, 2.75) is 38.6 Å². The molecular weight excluding hydrogens is 148 g/mol. The zero-order valence-electron chi connectivity index (χ0n) is 8.45. The van der Waals surface area contributed by atoms with Crippen LogP contribution in [0.2, 0.25) is 0 Å². The van der Waals surface area contributed by atoms with E-state index in [0.717, 1.165) is 5.92 Å². The highest BCUT2D eigenvalue weighted by Crippen LogP contribution is 2.25. The van der Waals surface area contributed by atoms with Gasteiger partial charge in [0.25, 0.3) is 0 Å². The summed E-state index contributed by atoms with van der Waals surface area (Å²) >= 11 is 0. The third-order valence-electron chi connectivity index (χ3n) is 2.49. The fraction of sp³-hybridized carbons (Fsp3) is 0.900. The number of hydrogen-bond acceptors (Lipinski definition) is 1. The van der Waals surface area contributed by atoms with Gasteiger partial charge in [-0.15, -0.1) is 0 Å². The zero-order valence-corrected chi connectivity index (χ0v) is 8.45. The first-order valence-electron chi connectivity index (χ1n) is 4.88. The number of nitrogens with zero attached hydrogens (tertiary/aromatic N) is 2. The van der Waals surface area contributed by atoms with Gasteiger partial charge in [-0.2, -0.15) is 0 Å². The van der Waals surface area contributed by atoms with Crippen LogP contribution < -0.4 is 0 Å². The Labute approximate surface area is 75.7 Å². The summed E-state index contributed by atoms with van der Waals surface area (Å²) < 4.78 is 0. The number of aliphatic imine (C=N–C) groups is 1. The van der Waals surface area contributed by atoms with Gasteiger partial charge < -0.3 is 4.90 Å². The Kier molecular flexibility index (Phi) is 3.57. The van der Waals surface area contributed by atoms with E-state index in [1.54, 1.807) is 0 Å². The van der Waals surface area contributed by atoms with Crippen LogP contribution in [0, 0.1) is 5.92 Å². The molecule has 0 heterocycles. The highest BCUT2D eigenvalue weighted by molar-refractivity contribution is 5.54. The van der Waals surface area contributed by atoms with Crippen molar-refractivity contribution in [3.8, 4) is 0 Å². The lowest BCUT2D eigenvalue weighted by Crippen LogP contribution is -2.17. The Bertz CT molecular complexity index is 144. The second kappa shape index (κ2) is 4.48. The van der Waals surface area contributed by atoms with Gasteiger partial charge in [-0.25, -0.2) is 0 Å². The van der Waals surface area contributed by atoms with Gasteiger partial charge in [-0.05, 0) is 31.6 Å². The first-order valence-corrected chi connectivity index (χ1v) is 4.88. The fourth-order valence-electron chi connectivity index (χ4n) is 1.62. The molecule has 0 spiro atoms. The normalized spacial score (nSPS) is 30.9. The summed E-state index contributed by atoms with van der Waals surface area (Å²) in [6, 6.07) is 0.601. The molecule has 0 bridgehead atoms. The summed E-state index contributed by atoms with van der Waals surface area (Å²) in [5.41, 5.74) is 0. The minimum Gasteiger partial charge on any atom is -0.369 e. The predicted octanol–water partition coefficient (Wildman–Crippen LogP) is 2.16. The van der Waals surface area contributed by atoms with E-state index in [1.165, 1.54) is 25.7 Å². The van der Waals surface area contributed by atoms with Gasteiger partial charge in [0.2, 0.25) is 0 Å². The van der Waals surface area contributed by atoms with E-state index >= 15 is 0 Å². The Morgan fingerprint density at radius 2 is 1.75 bits per heavy atom. The van der Waals surface area contributed by atoms with Crippen LogP contribution in [0.15, 0.2) is 4.99 Å². The molecule has 1 saturated carbocycles. The first kappa shape index (κ1) is 9.56. The lowest BCUT2D eigenvalue weighted by molar-refractivity contribution is 0.348. The lowest BCUT2D eigenvalue weighted by Gasteiger charge is -2.23. The highest BCUT2D eigenvalue weighted by Gasteiger charge is 2.16. The number of rotatable bonds is 2. The molecule has 0 atom stereocenters. The first-order chi connectivity index (χ1) is 5.68. The molecule has 0 N–H and O–H groups in total. The van der Waals surface area contributed by atoms with Crippen molar-refractivity contribution in [3.05, 3.63) is 0 Å². The van der Waals surface area contributed by atoms with Crippen molar-refractivity contribution in [3.63, 3.8) is 0 Å². The van der Waals surface area contributed by atoms with Gasteiger partial charge in [-0.3, -0.25) is 4.99 Å². The summed E-state index contributed by atoms with van der Waals surface area (Å²) in [4.78, 5) is 6.53. The molecule has 1 aliphatic carbocycles. The van der Waals surface area contributed by atoms with Gasteiger partial charge in [0.15, 0.2) is 0 Å². The van der Waals surface area contributed by atoms with Crippen LogP contribution in [0.1, 0.15) is 32.6 Å². The summed E-state index contributed by atoms with van der Waals surface area (Å²) in [7, 11) is 4.05. The van der Waals surface area contributed by atoms with E-state index in [4.69, 9.17) is 0 Å². The van der Waals surface area contributed by atoms with Crippen LogP contribution in [-0.2, 0) is 0 Å². The van der Waals surface area contributed by atoms with Crippen molar-refractivity contribution in [1.29, 1.82) is 0 Å². The van der Waals surface area contributed by atoms with Crippen molar-refractivity contribution < 1.29 is 0 Å². The van der Waals surface area contributed by atoms with E-state index in [9.17, 15) is 0 Å². The summed E-state index contributed by atoms with van der Waals surface area (Å²) in [5, 5.41) is 0. The van der Waals surface area contributed by atoms with Crippen LogP contribution in [0.3, 0.4) is 0 Å². The third-order valence-corrected chi connectivity index (χ3v) is 2.49. The zero-order chi connectivity index (χ0) is 8.97. The molecule has 0 aromatic rings. The van der Waals surface area contributed by atoms with Crippen molar-refractivity contribution >= 4 is 6.34 Å². The summed E-state index contributed by atoms with van der Waals surface area (Å²) in [5.74, 6) is 0.927. The molecule has 0 unspecified atom stereocenters. The third kappa shape index (κ3) is 3.24. The fourth-order valence-corrected chi connectivity index (χ4v) is 1.62. The second-order valence-electron chi connectivity index (χ2n) is 4.14. The van der Waals surface area contributed by atoms with E-state index in [0.29, 0.717) is 6.04 Å². The predicted molar refractivity (Wildman–Crippen MR) is 53.6 cm³/mol. The number of hydrogen-bond donors (Lipinski definition) is 0. The van der Waals surface area contributed by atoms with Gasteiger partial charge >= 0.3 is 0 Å². The summed E-state index contributed by atoms with van der Waals surface area (Å²) in [6.07, 6.45) is 7.22. The van der Waals surface area contributed by atoms with Crippen molar-refractivity contribution in [2.24, 2.45) is 10.9 Å². The Hall–Kier alpha value is -0.530. The molecule has 0 aromatic heterocycles. The molecular formula is C10H20N2. The summed E-state index contributed by atoms with van der Waals surface area (Å²) in [6.45, 7) is 2.34. The van der Waals surface area contributed by atoms with E-state index in [2.05, 4.69) is 11.9 Å². The molecule has 1 aliphatic rings.